The normalized spacial score (nSPS) is 12.6. The molecule has 0 bridgehead atoms. The first-order valence-electron chi connectivity index (χ1n) is 20.4. The fourth-order valence-electron chi connectivity index (χ4n) is 8.88. The summed E-state index contributed by atoms with van der Waals surface area (Å²) in [5.41, 5.74) is 14.5. The van der Waals surface area contributed by atoms with Crippen molar-refractivity contribution in [3.05, 3.63) is 218 Å². The summed E-state index contributed by atoms with van der Waals surface area (Å²) in [6.07, 6.45) is 5.78. The van der Waals surface area contributed by atoms with Crippen molar-refractivity contribution in [2.24, 2.45) is 9.98 Å². The molecule has 0 saturated carbocycles. The average Bonchev–Trinajstić information content (AvgIpc) is 3.67. The van der Waals surface area contributed by atoms with E-state index < -0.39 is 0 Å². The molecule has 288 valence electrons. The van der Waals surface area contributed by atoms with E-state index in [1.807, 2.05) is 60.9 Å². The van der Waals surface area contributed by atoms with Crippen molar-refractivity contribution in [2.45, 2.75) is 6.54 Å². The second-order valence-electron chi connectivity index (χ2n) is 15.1. The molecule has 0 N–H and O–H groups in total. The van der Waals surface area contributed by atoms with Crippen LogP contribution in [0.25, 0.3) is 72.0 Å². The molecule has 3 aromatic heterocycles. The Morgan fingerprint density at radius 3 is 1.97 bits per heavy atom. The SMILES string of the molecule is C=N/C(=C\C(=NCc1ccccc1)c1ccccc1)n1c2ccc(-c3ccccn3)cc2c2c3c(ccc21)-c1ccc(-c2ccccn2)c2cccc(c12)N3c1ccccc1. The molecule has 6 heteroatoms. The molecule has 0 atom stereocenters. The first-order chi connectivity index (χ1) is 30.2. The minimum atomic E-state index is 0.527. The quantitative estimate of drug-likeness (QED) is 0.137. The summed E-state index contributed by atoms with van der Waals surface area (Å²) in [6, 6.07) is 65.8. The zero-order valence-electron chi connectivity index (χ0n) is 33.2. The Hall–Kier alpha value is -8.22. The highest BCUT2D eigenvalue weighted by atomic mass is 15.2. The van der Waals surface area contributed by atoms with Gasteiger partial charge in [-0.3, -0.25) is 19.5 Å². The first-order valence-corrected chi connectivity index (χ1v) is 20.4. The molecule has 1 aliphatic heterocycles. The minimum absolute atomic E-state index is 0.527. The van der Waals surface area contributed by atoms with Crippen molar-refractivity contribution < 1.29 is 0 Å². The van der Waals surface area contributed by atoms with Gasteiger partial charge in [-0.05, 0) is 89.5 Å². The Bertz CT molecular complexity index is 3320. The largest absolute Gasteiger partial charge is 0.309 e. The monoisotopic (exact) mass is 782 g/mol. The number of nitrogens with zero attached hydrogens (tertiary/aromatic N) is 6. The third-order valence-electron chi connectivity index (χ3n) is 11.6. The van der Waals surface area contributed by atoms with Crippen LogP contribution >= 0.6 is 0 Å². The molecular weight excluding hydrogens is 745 g/mol. The van der Waals surface area contributed by atoms with E-state index in [-0.39, 0.29) is 0 Å². The molecule has 11 rings (SSSR count). The predicted octanol–water partition coefficient (Wildman–Crippen LogP) is 13.7. The number of pyridine rings is 2. The molecule has 4 heterocycles. The molecule has 0 spiro atoms. The standard InChI is InChI=1S/C55H38N6/c1-56-52(35-48(38-18-7-3-8-19-38)59-36-37-16-5-2-6-17-37)61-49-30-26-39(46-23-11-13-32-57-46)34-45(49)54-51(61)31-29-44-43-28-27-41(47-24-12-14-33-58-47)42-22-15-25-50(53(42)43)60(55(44)54)40-20-9-4-10-21-40/h2-35H,1,36H2/b52-35+,59-48?. The zero-order chi connectivity index (χ0) is 40.7. The summed E-state index contributed by atoms with van der Waals surface area (Å²) >= 11 is 0. The number of rotatable bonds is 9. The number of para-hydroxylation sites is 1. The topological polar surface area (TPSA) is 58.7 Å². The van der Waals surface area contributed by atoms with Crippen LogP contribution in [0, 0.1) is 0 Å². The van der Waals surface area contributed by atoms with Crippen LogP contribution in [0.2, 0.25) is 0 Å². The summed E-state index contributed by atoms with van der Waals surface area (Å²) in [7, 11) is 0. The molecule has 0 fully saturated rings. The Morgan fingerprint density at radius 2 is 1.23 bits per heavy atom. The number of hydrogen-bond donors (Lipinski definition) is 0. The van der Waals surface area contributed by atoms with Crippen molar-refractivity contribution in [3.63, 3.8) is 0 Å². The third kappa shape index (κ3) is 6.21. The zero-order valence-corrected chi connectivity index (χ0v) is 33.2. The van der Waals surface area contributed by atoms with Crippen LogP contribution in [0.1, 0.15) is 11.1 Å². The Morgan fingerprint density at radius 1 is 0.557 bits per heavy atom. The molecule has 6 nitrogen and oxygen atoms in total. The highest BCUT2D eigenvalue weighted by Gasteiger charge is 2.31. The summed E-state index contributed by atoms with van der Waals surface area (Å²) in [6.45, 7) is 4.71. The van der Waals surface area contributed by atoms with Gasteiger partial charge in [0.05, 0.1) is 46.1 Å². The van der Waals surface area contributed by atoms with Crippen LogP contribution < -0.4 is 4.90 Å². The van der Waals surface area contributed by atoms with E-state index in [0.29, 0.717) is 12.4 Å². The van der Waals surface area contributed by atoms with Gasteiger partial charge in [0.25, 0.3) is 0 Å². The van der Waals surface area contributed by atoms with Gasteiger partial charge in [-0.2, -0.15) is 0 Å². The van der Waals surface area contributed by atoms with Crippen LogP contribution in [0.3, 0.4) is 0 Å². The number of allylic oxidation sites excluding steroid dienone is 1. The molecule has 0 amide bonds. The summed E-state index contributed by atoms with van der Waals surface area (Å²) < 4.78 is 2.24. The van der Waals surface area contributed by atoms with Gasteiger partial charge in [0, 0.05) is 57.0 Å². The van der Waals surface area contributed by atoms with Crippen LogP contribution in [-0.2, 0) is 6.54 Å². The fourth-order valence-corrected chi connectivity index (χ4v) is 8.88. The molecule has 61 heavy (non-hydrogen) atoms. The molecular formula is C55H38N6. The van der Waals surface area contributed by atoms with Crippen LogP contribution in [0.15, 0.2) is 217 Å². The number of hydrogen-bond acceptors (Lipinski definition) is 5. The second-order valence-corrected chi connectivity index (χ2v) is 15.1. The fraction of sp³-hybridized carbons (Fsp3) is 0.0182. The average molecular weight is 783 g/mol. The summed E-state index contributed by atoms with van der Waals surface area (Å²) in [4.78, 5) is 22.0. The maximum atomic E-state index is 5.19. The Kier molecular flexibility index (Phi) is 8.94. The van der Waals surface area contributed by atoms with Gasteiger partial charge in [-0.15, -0.1) is 0 Å². The Labute approximate surface area is 353 Å². The van der Waals surface area contributed by atoms with Gasteiger partial charge in [-0.1, -0.05) is 127 Å². The molecule has 0 unspecified atom stereocenters. The maximum Gasteiger partial charge on any atom is 0.138 e. The van der Waals surface area contributed by atoms with E-state index in [1.165, 1.54) is 10.9 Å². The summed E-state index contributed by atoms with van der Waals surface area (Å²) in [5, 5.41) is 4.52. The third-order valence-corrected chi connectivity index (χ3v) is 11.6. The number of benzene rings is 7. The highest BCUT2D eigenvalue weighted by molar-refractivity contribution is 6.26. The van der Waals surface area contributed by atoms with E-state index in [1.54, 1.807) is 0 Å². The minimum Gasteiger partial charge on any atom is -0.309 e. The summed E-state index contributed by atoms with van der Waals surface area (Å²) in [5.74, 6) is 0.672. The maximum absolute atomic E-state index is 5.19. The van der Waals surface area contributed by atoms with Crippen molar-refractivity contribution in [1.29, 1.82) is 0 Å². The van der Waals surface area contributed by atoms with E-state index in [0.717, 1.165) is 89.2 Å². The lowest BCUT2D eigenvalue weighted by Gasteiger charge is -2.34. The number of aromatic nitrogens is 3. The van der Waals surface area contributed by atoms with E-state index in [9.17, 15) is 0 Å². The molecule has 0 saturated heterocycles. The van der Waals surface area contributed by atoms with E-state index >= 15 is 0 Å². The number of fused-ring (bicyclic) bond motifs is 6. The van der Waals surface area contributed by atoms with E-state index in [4.69, 9.17) is 20.0 Å². The predicted molar refractivity (Wildman–Crippen MR) is 254 cm³/mol. The van der Waals surface area contributed by atoms with Gasteiger partial charge in [-0.25, -0.2) is 4.99 Å². The van der Waals surface area contributed by atoms with Crippen molar-refractivity contribution in [2.75, 3.05) is 4.90 Å². The lowest BCUT2D eigenvalue weighted by molar-refractivity contribution is 1.07. The van der Waals surface area contributed by atoms with Crippen molar-refractivity contribution >= 4 is 67.9 Å². The van der Waals surface area contributed by atoms with Gasteiger partial charge in [0.2, 0.25) is 0 Å². The lowest BCUT2D eigenvalue weighted by Crippen LogP contribution is -2.15. The molecule has 10 aromatic rings. The first kappa shape index (κ1) is 35.9. The Balaban J connectivity index is 1.23. The van der Waals surface area contributed by atoms with Crippen LogP contribution in [-0.4, -0.2) is 27.0 Å². The number of aliphatic imine (C=N–C) groups is 2. The molecule has 0 radical (unpaired) electrons. The van der Waals surface area contributed by atoms with Gasteiger partial charge in [0.1, 0.15) is 5.82 Å². The number of anilines is 3. The molecule has 1 aliphatic rings. The molecule has 0 aliphatic carbocycles. The molecule has 7 aromatic carbocycles. The van der Waals surface area contributed by atoms with Gasteiger partial charge >= 0.3 is 0 Å². The van der Waals surface area contributed by atoms with Crippen molar-refractivity contribution in [3.8, 4) is 33.6 Å². The van der Waals surface area contributed by atoms with E-state index in [2.05, 4.69) is 162 Å². The van der Waals surface area contributed by atoms with Crippen molar-refractivity contribution in [1.82, 2.24) is 14.5 Å². The van der Waals surface area contributed by atoms with Gasteiger partial charge < -0.3 is 4.90 Å². The van der Waals surface area contributed by atoms with Gasteiger partial charge in [0.15, 0.2) is 0 Å². The van der Waals surface area contributed by atoms with Crippen LogP contribution in [0.5, 0.6) is 0 Å². The lowest BCUT2D eigenvalue weighted by atomic mass is 9.86. The second kappa shape index (κ2) is 15.2. The van der Waals surface area contributed by atoms with Crippen LogP contribution in [0.4, 0.5) is 17.1 Å². The smallest absolute Gasteiger partial charge is 0.138 e. The highest BCUT2D eigenvalue weighted by Crippen LogP contribution is 2.56.